The van der Waals surface area contributed by atoms with Crippen LogP contribution in [0.1, 0.15) is 5.56 Å². The van der Waals surface area contributed by atoms with Crippen molar-refractivity contribution in [1.29, 1.82) is 0 Å². The molecule has 0 bridgehead atoms. The Morgan fingerprint density at radius 2 is 1.77 bits per heavy atom. The van der Waals surface area contributed by atoms with Crippen LogP contribution in [0, 0.1) is 0 Å². The molecule has 2 heteroatoms. The van der Waals surface area contributed by atoms with Gasteiger partial charge in [-0.25, -0.2) is 0 Å². The highest BCUT2D eigenvalue weighted by Gasteiger charge is 2.13. The number of aryl methyl sites for hydroxylation is 1. The first-order valence-corrected chi connectivity index (χ1v) is 8.47. The lowest BCUT2D eigenvalue weighted by Gasteiger charge is -2.15. The van der Waals surface area contributed by atoms with Gasteiger partial charge in [-0.2, -0.15) is 0 Å². The number of para-hydroxylation sites is 1. The molecule has 0 spiro atoms. The molecule has 13 heavy (non-hydrogen) atoms. The molecule has 0 aromatic heterocycles. The Morgan fingerprint density at radius 1 is 1.15 bits per heavy atom. The van der Waals surface area contributed by atoms with Crippen LogP contribution < -0.4 is 0 Å². The number of phenols is 1. The SMILES string of the molecule is C[Si](C)(C)CCc1ccccc1O. The van der Waals surface area contributed by atoms with E-state index in [4.69, 9.17) is 0 Å². The Kier molecular flexibility index (Phi) is 3.15. The fourth-order valence-corrected chi connectivity index (χ4v) is 2.25. The molecule has 0 fully saturated rings. The number of rotatable bonds is 3. The summed E-state index contributed by atoms with van der Waals surface area (Å²) in [5.74, 6) is 0.445. The Balaban J connectivity index is 2.60. The topological polar surface area (TPSA) is 20.2 Å². The van der Waals surface area contributed by atoms with Crippen molar-refractivity contribution in [2.75, 3.05) is 0 Å². The van der Waals surface area contributed by atoms with E-state index in [1.54, 1.807) is 6.07 Å². The molecule has 0 radical (unpaired) electrons. The number of hydrogen-bond acceptors (Lipinski definition) is 1. The van der Waals surface area contributed by atoms with Gasteiger partial charge in [0.1, 0.15) is 5.75 Å². The Hall–Kier alpha value is -0.763. The van der Waals surface area contributed by atoms with Crippen molar-refractivity contribution in [2.45, 2.75) is 32.1 Å². The summed E-state index contributed by atoms with van der Waals surface area (Å²) in [6, 6.07) is 8.87. The van der Waals surface area contributed by atoms with Crippen LogP contribution in [0.3, 0.4) is 0 Å². The quantitative estimate of drug-likeness (QED) is 0.732. The number of benzene rings is 1. The molecule has 0 saturated heterocycles. The Labute approximate surface area is 81.4 Å². The average Bonchev–Trinajstić information content (AvgIpc) is 2.01. The van der Waals surface area contributed by atoms with Crippen LogP contribution in [0.15, 0.2) is 24.3 Å². The molecule has 1 N–H and O–H groups in total. The highest BCUT2D eigenvalue weighted by atomic mass is 28.3. The van der Waals surface area contributed by atoms with Crippen LogP contribution in [-0.2, 0) is 6.42 Å². The van der Waals surface area contributed by atoms with E-state index in [0.29, 0.717) is 5.75 Å². The molecule has 1 nitrogen and oxygen atoms in total. The van der Waals surface area contributed by atoms with E-state index in [9.17, 15) is 5.11 Å². The van der Waals surface area contributed by atoms with E-state index in [0.717, 1.165) is 12.0 Å². The normalized spacial score (nSPS) is 11.6. The van der Waals surface area contributed by atoms with Gasteiger partial charge in [0.2, 0.25) is 0 Å². The minimum Gasteiger partial charge on any atom is -0.508 e. The third-order valence-corrected chi connectivity index (χ3v) is 3.89. The van der Waals surface area contributed by atoms with Gasteiger partial charge in [-0.1, -0.05) is 43.9 Å². The van der Waals surface area contributed by atoms with Gasteiger partial charge in [-0.05, 0) is 18.1 Å². The van der Waals surface area contributed by atoms with Crippen molar-refractivity contribution in [3.8, 4) is 5.75 Å². The summed E-state index contributed by atoms with van der Waals surface area (Å²) in [4.78, 5) is 0. The van der Waals surface area contributed by atoms with Gasteiger partial charge in [0.05, 0.1) is 0 Å². The third kappa shape index (κ3) is 3.64. The van der Waals surface area contributed by atoms with Crippen LogP contribution in [0.5, 0.6) is 5.75 Å². The zero-order chi connectivity index (χ0) is 9.90. The number of phenolic OH excluding ortho intramolecular Hbond substituents is 1. The fraction of sp³-hybridized carbons (Fsp3) is 0.455. The van der Waals surface area contributed by atoms with Crippen molar-refractivity contribution in [3.63, 3.8) is 0 Å². The van der Waals surface area contributed by atoms with Gasteiger partial charge in [-0.3, -0.25) is 0 Å². The number of aromatic hydroxyl groups is 1. The summed E-state index contributed by atoms with van der Waals surface area (Å²) < 4.78 is 0. The first-order chi connectivity index (χ1) is 5.99. The van der Waals surface area contributed by atoms with Crippen molar-refractivity contribution < 1.29 is 5.11 Å². The maximum atomic E-state index is 9.52. The molecular formula is C11H18OSi. The molecule has 0 aliphatic carbocycles. The highest BCUT2D eigenvalue weighted by Crippen LogP contribution is 2.20. The summed E-state index contributed by atoms with van der Waals surface area (Å²) in [5, 5.41) is 9.52. The molecule has 0 saturated carbocycles. The van der Waals surface area contributed by atoms with Crippen LogP contribution >= 0.6 is 0 Å². The third-order valence-electron chi connectivity index (χ3n) is 2.14. The smallest absolute Gasteiger partial charge is 0.118 e. The molecular weight excluding hydrogens is 176 g/mol. The summed E-state index contributed by atoms with van der Waals surface area (Å²) in [5.41, 5.74) is 1.09. The second kappa shape index (κ2) is 3.96. The summed E-state index contributed by atoms with van der Waals surface area (Å²) in [6.45, 7) is 7.06. The van der Waals surface area contributed by atoms with E-state index in [1.165, 1.54) is 6.04 Å². The van der Waals surface area contributed by atoms with Gasteiger partial charge in [0.15, 0.2) is 0 Å². The molecule has 1 aromatic rings. The maximum absolute atomic E-state index is 9.52. The lowest BCUT2D eigenvalue weighted by atomic mass is 10.1. The van der Waals surface area contributed by atoms with E-state index < -0.39 is 8.07 Å². The van der Waals surface area contributed by atoms with Gasteiger partial charge in [-0.15, -0.1) is 0 Å². The van der Waals surface area contributed by atoms with Gasteiger partial charge in [0, 0.05) is 8.07 Å². The zero-order valence-corrected chi connectivity index (χ0v) is 9.67. The Morgan fingerprint density at radius 3 is 2.31 bits per heavy atom. The van der Waals surface area contributed by atoms with E-state index >= 15 is 0 Å². The summed E-state index contributed by atoms with van der Waals surface area (Å²) in [6.07, 6.45) is 1.02. The first kappa shape index (κ1) is 10.3. The number of hydrogen-bond donors (Lipinski definition) is 1. The van der Waals surface area contributed by atoms with E-state index in [2.05, 4.69) is 19.6 Å². The van der Waals surface area contributed by atoms with Crippen LogP contribution in [-0.4, -0.2) is 13.2 Å². The predicted octanol–water partition coefficient (Wildman–Crippen LogP) is 3.27. The second-order valence-corrected chi connectivity index (χ2v) is 10.3. The molecule has 0 atom stereocenters. The van der Waals surface area contributed by atoms with E-state index in [-0.39, 0.29) is 0 Å². The average molecular weight is 194 g/mol. The monoisotopic (exact) mass is 194 g/mol. The van der Waals surface area contributed by atoms with Crippen molar-refractivity contribution in [2.24, 2.45) is 0 Å². The molecule has 1 rings (SSSR count). The molecule has 0 unspecified atom stereocenters. The molecule has 72 valence electrons. The van der Waals surface area contributed by atoms with E-state index in [1.807, 2.05) is 18.2 Å². The predicted molar refractivity (Wildman–Crippen MR) is 60.0 cm³/mol. The largest absolute Gasteiger partial charge is 0.508 e. The molecule has 0 aliphatic heterocycles. The van der Waals surface area contributed by atoms with Crippen LogP contribution in [0.4, 0.5) is 0 Å². The maximum Gasteiger partial charge on any atom is 0.118 e. The lowest BCUT2D eigenvalue weighted by Crippen LogP contribution is -2.19. The molecule has 0 heterocycles. The minimum atomic E-state index is -0.974. The van der Waals surface area contributed by atoms with Crippen molar-refractivity contribution >= 4 is 8.07 Å². The second-order valence-electron chi connectivity index (χ2n) is 4.69. The Bertz CT molecular complexity index is 276. The zero-order valence-electron chi connectivity index (χ0n) is 8.67. The molecule has 0 aliphatic rings. The molecule has 0 amide bonds. The molecule has 1 aromatic carbocycles. The first-order valence-electron chi connectivity index (χ1n) is 4.76. The summed E-state index contributed by atoms with van der Waals surface area (Å²) in [7, 11) is -0.974. The van der Waals surface area contributed by atoms with Gasteiger partial charge in [0.25, 0.3) is 0 Å². The van der Waals surface area contributed by atoms with Crippen molar-refractivity contribution in [3.05, 3.63) is 29.8 Å². The minimum absolute atomic E-state index is 0.445. The highest BCUT2D eigenvalue weighted by molar-refractivity contribution is 6.76. The van der Waals surface area contributed by atoms with Gasteiger partial charge < -0.3 is 5.11 Å². The van der Waals surface area contributed by atoms with Crippen molar-refractivity contribution in [1.82, 2.24) is 0 Å². The fourth-order valence-electron chi connectivity index (χ4n) is 1.23. The summed E-state index contributed by atoms with van der Waals surface area (Å²) >= 11 is 0. The van der Waals surface area contributed by atoms with Gasteiger partial charge >= 0.3 is 0 Å². The van der Waals surface area contributed by atoms with Crippen LogP contribution in [0.2, 0.25) is 25.7 Å². The lowest BCUT2D eigenvalue weighted by molar-refractivity contribution is 0.469. The standard InChI is InChI=1S/C11H18OSi/c1-13(2,3)9-8-10-6-4-5-7-11(10)12/h4-7,12H,8-9H2,1-3H3. The van der Waals surface area contributed by atoms with Crippen LogP contribution in [0.25, 0.3) is 0 Å².